The van der Waals surface area contributed by atoms with E-state index in [2.05, 4.69) is 0 Å². The fourth-order valence-electron chi connectivity index (χ4n) is 1.21. The first kappa shape index (κ1) is 10.9. The Bertz CT molecular complexity index is 361. The first-order valence-corrected chi connectivity index (χ1v) is 4.57. The van der Waals surface area contributed by atoms with E-state index >= 15 is 0 Å². The Balaban J connectivity index is 3.32. The van der Waals surface area contributed by atoms with E-state index in [0.717, 1.165) is 5.56 Å². The van der Waals surface area contributed by atoms with Crippen molar-refractivity contribution in [3.05, 3.63) is 28.3 Å². The minimum Gasteiger partial charge on any atom is -0.496 e. The molecule has 1 aromatic rings. The summed E-state index contributed by atoms with van der Waals surface area (Å²) in [6.07, 6.45) is 0.698. The molecular formula is C10H11ClO3. The van der Waals surface area contributed by atoms with Crippen LogP contribution in [0.4, 0.5) is 0 Å². The summed E-state index contributed by atoms with van der Waals surface area (Å²) in [6, 6.07) is 3.08. The van der Waals surface area contributed by atoms with E-state index in [4.69, 9.17) is 21.4 Å². The van der Waals surface area contributed by atoms with Crippen LogP contribution >= 0.6 is 11.6 Å². The van der Waals surface area contributed by atoms with Gasteiger partial charge in [-0.3, -0.25) is 0 Å². The maximum atomic E-state index is 10.8. The molecule has 14 heavy (non-hydrogen) atoms. The smallest absolute Gasteiger partial charge is 0.339 e. The van der Waals surface area contributed by atoms with Crippen molar-refractivity contribution >= 4 is 17.6 Å². The molecule has 0 aliphatic heterocycles. The summed E-state index contributed by atoms with van der Waals surface area (Å²) in [7, 11) is 1.42. The number of carboxylic acid groups (broad SMARTS) is 1. The van der Waals surface area contributed by atoms with Crippen molar-refractivity contribution in [3.63, 3.8) is 0 Å². The zero-order chi connectivity index (χ0) is 10.7. The zero-order valence-corrected chi connectivity index (χ0v) is 8.76. The minimum atomic E-state index is -1.01. The maximum absolute atomic E-state index is 10.8. The quantitative estimate of drug-likeness (QED) is 0.842. The van der Waals surface area contributed by atoms with E-state index in [1.165, 1.54) is 13.2 Å². The molecule has 0 aromatic heterocycles. The molecule has 3 nitrogen and oxygen atoms in total. The number of carbonyl (C=O) groups is 1. The lowest BCUT2D eigenvalue weighted by Gasteiger charge is -2.08. The van der Waals surface area contributed by atoms with Crippen molar-refractivity contribution in [3.8, 4) is 5.75 Å². The lowest BCUT2D eigenvalue weighted by atomic mass is 10.1. The summed E-state index contributed by atoms with van der Waals surface area (Å²) in [5.74, 6) is -0.715. The minimum absolute atomic E-state index is 0.147. The molecule has 4 heteroatoms. The average Bonchev–Trinajstić information content (AvgIpc) is 2.16. The van der Waals surface area contributed by atoms with Gasteiger partial charge in [-0.15, -0.1) is 0 Å². The van der Waals surface area contributed by atoms with Crippen LogP contribution in [0.15, 0.2) is 12.1 Å². The fourth-order valence-corrected chi connectivity index (χ4v) is 1.49. The van der Waals surface area contributed by atoms with Crippen LogP contribution in [0.5, 0.6) is 5.75 Å². The lowest BCUT2D eigenvalue weighted by Crippen LogP contribution is -2.02. The molecule has 0 unspecified atom stereocenters. The molecule has 0 fully saturated rings. The Morgan fingerprint density at radius 1 is 1.57 bits per heavy atom. The molecular weight excluding hydrogens is 204 g/mol. The van der Waals surface area contributed by atoms with Gasteiger partial charge in [-0.2, -0.15) is 0 Å². The van der Waals surface area contributed by atoms with Crippen molar-refractivity contribution in [1.29, 1.82) is 0 Å². The highest BCUT2D eigenvalue weighted by Gasteiger charge is 2.13. The van der Waals surface area contributed by atoms with Gasteiger partial charge in [0.1, 0.15) is 11.3 Å². The summed E-state index contributed by atoms with van der Waals surface area (Å²) in [5.41, 5.74) is 0.957. The molecule has 0 saturated carbocycles. The van der Waals surface area contributed by atoms with Crippen molar-refractivity contribution < 1.29 is 14.6 Å². The van der Waals surface area contributed by atoms with E-state index in [9.17, 15) is 4.79 Å². The van der Waals surface area contributed by atoms with Crippen LogP contribution in [0.1, 0.15) is 22.8 Å². The number of benzene rings is 1. The van der Waals surface area contributed by atoms with Gasteiger partial charge >= 0.3 is 5.97 Å². The van der Waals surface area contributed by atoms with Gasteiger partial charge in [0.05, 0.1) is 7.11 Å². The highest BCUT2D eigenvalue weighted by atomic mass is 35.5. The third kappa shape index (κ3) is 1.99. The van der Waals surface area contributed by atoms with E-state index in [0.29, 0.717) is 17.2 Å². The SMILES string of the molecule is CCc1cc(C(=O)O)c(OC)cc1Cl. The lowest BCUT2D eigenvalue weighted by molar-refractivity contribution is 0.0693. The predicted octanol–water partition coefficient (Wildman–Crippen LogP) is 2.61. The Labute approximate surface area is 87.3 Å². The molecule has 0 bridgehead atoms. The van der Waals surface area contributed by atoms with Gasteiger partial charge in [0.15, 0.2) is 0 Å². The largest absolute Gasteiger partial charge is 0.496 e. The molecule has 0 aliphatic carbocycles. The van der Waals surface area contributed by atoms with Gasteiger partial charge < -0.3 is 9.84 Å². The summed E-state index contributed by atoms with van der Waals surface area (Å²) in [5, 5.41) is 9.42. The third-order valence-corrected chi connectivity index (χ3v) is 2.33. The van der Waals surface area contributed by atoms with Crippen LogP contribution in [0.2, 0.25) is 5.02 Å². The van der Waals surface area contributed by atoms with Crippen LogP contribution < -0.4 is 4.74 Å². The zero-order valence-electron chi connectivity index (χ0n) is 8.00. The van der Waals surface area contributed by atoms with Crippen LogP contribution in [-0.4, -0.2) is 18.2 Å². The Morgan fingerprint density at radius 3 is 2.64 bits per heavy atom. The van der Waals surface area contributed by atoms with E-state index in [1.54, 1.807) is 6.07 Å². The molecule has 0 aliphatic rings. The molecule has 0 atom stereocenters. The molecule has 0 heterocycles. The summed E-state index contributed by atoms with van der Waals surface area (Å²) in [4.78, 5) is 10.8. The second kappa shape index (κ2) is 4.33. The summed E-state index contributed by atoms with van der Waals surface area (Å²) < 4.78 is 4.92. The van der Waals surface area contributed by atoms with Gasteiger partial charge in [0.2, 0.25) is 0 Å². The second-order valence-corrected chi connectivity index (χ2v) is 3.21. The summed E-state index contributed by atoms with van der Waals surface area (Å²) >= 11 is 5.91. The van der Waals surface area contributed by atoms with Crippen molar-refractivity contribution in [2.24, 2.45) is 0 Å². The van der Waals surface area contributed by atoms with E-state index < -0.39 is 5.97 Å². The summed E-state index contributed by atoms with van der Waals surface area (Å²) in [6.45, 7) is 1.92. The molecule has 1 rings (SSSR count). The van der Waals surface area contributed by atoms with Crippen molar-refractivity contribution in [2.45, 2.75) is 13.3 Å². The van der Waals surface area contributed by atoms with Gasteiger partial charge in [-0.25, -0.2) is 4.79 Å². The van der Waals surface area contributed by atoms with Crippen LogP contribution in [0.3, 0.4) is 0 Å². The van der Waals surface area contributed by atoms with Gasteiger partial charge in [0.25, 0.3) is 0 Å². The first-order valence-electron chi connectivity index (χ1n) is 4.19. The number of rotatable bonds is 3. The Hall–Kier alpha value is -1.22. The molecule has 1 N–H and O–H groups in total. The standard InChI is InChI=1S/C10H11ClO3/c1-3-6-4-7(10(12)13)9(14-2)5-8(6)11/h4-5H,3H2,1-2H3,(H,12,13). The van der Waals surface area contributed by atoms with Crippen molar-refractivity contribution in [1.82, 2.24) is 0 Å². The normalized spacial score (nSPS) is 9.93. The predicted molar refractivity (Wildman–Crippen MR) is 54.3 cm³/mol. The first-order chi connectivity index (χ1) is 6.60. The van der Waals surface area contributed by atoms with Crippen molar-refractivity contribution in [2.75, 3.05) is 7.11 Å². The number of ether oxygens (including phenoxy) is 1. The molecule has 0 saturated heterocycles. The highest BCUT2D eigenvalue weighted by Crippen LogP contribution is 2.27. The number of hydrogen-bond donors (Lipinski definition) is 1. The van der Waals surface area contributed by atoms with Gasteiger partial charge in [0, 0.05) is 5.02 Å². The highest BCUT2D eigenvalue weighted by molar-refractivity contribution is 6.31. The molecule has 76 valence electrons. The van der Waals surface area contributed by atoms with E-state index in [-0.39, 0.29) is 5.56 Å². The Kier molecular flexibility index (Phi) is 3.36. The average molecular weight is 215 g/mol. The topological polar surface area (TPSA) is 46.5 Å². The Morgan fingerprint density at radius 2 is 2.21 bits per heavy atom. The number of halogens is 1. The molecule has 0 amide bonds. The van der Waals surface area contributed by atoms with Crippen LogP contribution in [-0.2, 0) is 6.42 Å². The number of methoxy groups -OCH3 is 1. The second-order valence-electron chi connectivity index (χ2n) is 2.80. The van der Waals surface area contributed by atoms with E-state index in [1.807, 2.05) is 6.92 Å². The van der Waals surface area contributed by atoms with Gasteiger partial charge in [-0.05, 0) is 24.1 Å². The number of aromatic carboxylic acids is 1. The third-order valence-electron chi connectivity index (χ3n) is 1.98. The number of aryl methyl sites for hydroxylation is 1. The number of hydrogen-bond acceptors (Lipinski definition) is 2. The molecule has 0 spiro atoms. The number of carboxylic acids is 1. The molecule has 0 radical (unpaired) electrons. The van der Waals surface area contributed by atoms with Crippen LogP contribution in [0, 0.1) is 0 Å². The van der Waals surface area contributed by atoms with Crippen LogP contribution in [0.25, 0.3) is 0 Å². The monoisotopic (exact) mass is 214 g/mol. The maximum Gasteiger partial charge on any atom is 0.339 e. The molecule has 1 aromatic carbocycles. The van der Waals surface area contributed by atoms with Gasteiger partial charge in [-0.1, -0.05) is 18.5 Å². The fraction of sp³-hybridized carbons (Fsp3) is 0.300.